The highest BCUT2D eigenvalue weighted by molar-refractivity contribution is 5.96. The van der Waals surface area contributed by atoms with Crippen LogP contribution in [0, 0.1) is 19.8 Å². The standard InChI is InChI=1S/C15H24N2O2/c1-10(2)9-19-6-5-17-15(18)13-8-14(16)12(4)7-11(13)3/h7-8,10H,5-6,9,16H2,1-4H3,(H,17,18). The molecule has 1 aromatic carbocycles. The highest BCUT2D eigenvalue weighted by Gasteiger charge is 2.10. The average molecular weight is 264 g/mol. The number of anilines is 1. The number of carbonyl (C=O) groups excluding carboxylic acids is 1. The summed E-state index contributed by atoms with van der Waals surface area (Å²) in [5, 5.41) is 2.84. The smallest absolute Gasteiger partial charge is 0.251 e. The molecule has 0 aromatic heterocycles. The van der Waals surface area contributed by atoms with Gasteiger partial charge in [0.2, 0.25) is 0 Å². The number of hydrogen-bond acceptors (Lipinski definition) is 3. The summed E-state index contributed by atoms with van der Waals surface area (Å²) in [6, 6.07) is 3.66. The number of benzene rings is 1. The number of ether oxygens (including phenoxy) is 1. The van der Waals surface area contributed by atoms with Crippen LogP contribution in [0.1, 0.15) is 35.3 Å². The van der Waals surface area contributed by atoms with Gasteiger partial charge in [0.15, 0.2) is 0 Å². The number of hydrogen-bond donors (Lipinski definition) is 2. The minimum Gasteiger partial charge on any atom is -0.398 e. The van der Waals surface area contributed by atoms with E-state index in [1.807, 2.05) is 19.9 Å². The number of nitrogen functional groups attached to an aromatic ring is 1. The van der Waals surface area contributed by atoms with Gasteiger partial charge in [0, 0.05) is 24.4 Å². The van der Waals surface area contributed by atoms with Crippen LogP contribution in [0.4, 0.5) is 5.69 Å². The first-order valence-electron chi connectivity index (χ1n) is 6.64. The van der Waals surface area contributed by atoms with Crippen molar-refractivity contribution in [1.29, 1.82) is 0 Å². The largest absolute Gasteiger partial charge is 0.398 e. The van der Waals surface area contributed by atoms with Crippen LogP contribution in [0.5, 0.6) is 0 Å². The molecule has 0 saturated heterocycles. The van der Waals surface area contributed by atoms with E-state index in [1.54, 1.807) is 6.07 Å². The summed E-state index contributed by atoms with van der Waals surface area (Å²) in [4.78, 5) is 12.0. The van der Waals surface area contributed by atoms with Crippen LogP contribution in [-0.2, 0) is 4.74 Å². The zero-order valence-corrected chi connectivity index (χ0v) is 12.2. The molecule has 1 aromatic rings. The minimum atomic E-state index is -0.0997. The van der Waals surface area contributed by atoms with E-state index < -0.39 is 0 Å². The maximum atomic E-state index is 12.0. The SMILES string of the molecule is Cc1cc(C)c(C(=O)NCCOCC(C)C)cc1N. The molecule has 0 aliphatic carbocycles. The Bertz CT molecular complexity index is 442. The Labute approximate surface area is 115 Å². The van der Waals surface area contributed by atoms with Gasteiger partial charge in [-0.1, -0.05) is 19.9 Å². The molecular weight excluding hydrogens is 240 g/mol. The Hall–Kier alpha value is -1.55. The van der Waals surface area contributed by atoms with Crippen molar-refractivity contribution in [2.24, 2.45) is 5.92 Å². The van der Waals surface area contributed by atoms with Crippen LogP contribution in [-0.4, -0.2) is 25.7 Å². The van der Waals surface area contributed by atoms with Crippen LogP contribution >= 0.6 is 0 Å². The van der Waals surface area contributed by atoms with E-state index in [2.05, 4.69) is 19.2 Å². The number of nitrogens with one attached hydrogen (secondary N) is 1. The molecule has 0 bridgehead atoms. The zero-order chi connectivity index (χ0) is 14.4. The molecule has 4 nitrogen and oxygen atoms in total. The van der Waals surface area contributed by atoms with E-state index in [4.69, 9.17) is 10.5 Å². The van der Waals surface area contributed by atoms with E-state index in [-0.39, 0.29) is 5.91 Å². The lowest BCUT2D eigenvalue weighted by atomic mass is 10.0. The molecule has 0 radical (unpaired) electrons. The van der Waals surface area contributed by atoms with Crippen molar-refractivity contribution < 1.29 is 9.53 Å². The topological polar surface area (TPSA) is 64.3 Å². The van der Waals surface area contributed by atoms with E-state index >= 15 is 0 Å². The normalized spacial score (nSPS) is 10.8. The molecule has 0 unspecified atom stereocenters. The first-order valence-corrected chi connectivity index (χ1v) is 6.64. The molecule has 0 aliphatic heterocycles. The van der Waals surface area contributed by atoms with E-state index in [9.17, 15) is 4.79 Å². The third-order valence-electron chi connectivity index (χ3n) is 2.84. The highest BCUT2D eigenvalue weighted by Crippen LogP contribution is 2.17. The molecule has 4 heteroatoms. The third kappa shape index (κ3) is 4.91. The Morgan fingerprint density at radius 2 is 2.00 bits per heavy atom. The van der Waals surface area contributed by atoms with Gasteiger partial charge in [-0.15, -0.1) is 0 Å². The number of carbonyl (C=O) groups is 1. The molecule has 106 valence electrons. The van der Waals surface area contributed by atoms with Gasteiger partial charge in [-0.2, -0.15) is 0 Å². The summed E-state index contributed by atoms with van der Waals surface area (Å²) in [5.74, 6) is 0.409. The lowest BCUT2D eigenvalue weighted by molar-refractivity contribution is 0.0886. The Kier molecular flexibility index (Phi) is 5.83. The Morgan fingerprint density at radius 3 is 2.63 bits per heavy atom. The van der Waals surface area contributed by atoms with Crippen LogP contribution in [0.15, 0.2) is 12.1 Å². The number of amides is 1. The van der Waals surface area contributed by atoms with E-state index in [0.717, 1.165) is 11.1 Å². The van der Waals surface area contributed by atoms with Gasteiger partial charge in [0.1, 0.15) is 0 Å². The molecule has 19 heavy (non-hydrogen) atoms. The van der Waals surface area contributed by atoms with Crippen LogP contribution in [0.3, 0.4) is 0 Å². The van der Waals surface area contributed by atoms with Gasteiger partial charge in [-0.3, -0.25) is 4.79 Å². The quantitative estimate of drug-likeness (QED) is 0.612. The third-order valence-corrected chi connectivity index (χ3v) is 2.84. The molecule has 0 heterocycles. The van der Waals surface area contributed by atoms with Gasteiger partial charge in [0.05, 0.1) is 6.61 Å². The fourth-order valence-corrected chi connectivity index (χ4v) is 1.76. The summed E-state index contributed by atoms with van der Waals surface area (Å²) in [5.41, 5.74) is 9.04. The second-order valence-electron chi connectivity index (χ2n) is 5.25. The van der Waals surface area contributed by atoms with Gasteiger partial charge in [0.25, 0.3) is 5.91 Å². The molecule has 0 spiro atoms. The Balaban J connectivity index is 2.48. The zero-order valence-electron chi connectivity index (χ0n) is 12.2. The first-order chi connectivity index (χ1) is 8.91. The van der Waals surface area contributed by atoms with Gasteiger partial charge in [-0.25, -0.2) is 0 Å². The van der Waals surface area contributed by atoms with Crippen LogP contribution in [0.25, 0.3) is 0 Å². The van der Waals surface area contributed by atoms with Crippen molar-refractivity contribution in [1.82, 2.24) is 5.32 Å². The lowest BCUT2D eigenvalue weighted by Gasteiger charge is -2.11. The fourth-order valence-electron chi connectivity index (χ4n) is 1.76. The van der Waals surface area contributed by atoms with Gasteiger partial charge >= 0.3 is 0 Å². The average Bonchev–Trinajstić information content (AvgIpc) is 2.32. The molecule has 0 aliphatic rings. The summed E-state index contributed by atoms with van der Waals surface area (Å²) in [7, 11) is 0. The van der Waals surface area contributed by atoms with Gasteiger partial charge < -0.3 is 15.8 Å². The fraction of sp³-hybridized carbons (Fsp3) is 0.533. The summed E-state index contributed by atoms with van der Waals surface area (Å²) < 4.78 is 5.42. The van der Waals surface area contributed by atoms with Crippen LogP contribution < -0.4 is 11.1 Å². The second-order valence-corrected chi connectivity index (χ2v) is 5.25. The van der Waals surface area contributed by atoms with Crippen LogP contribution in [0.2, 0.25) is 0 Å². The molecular formula is C15H24N2O2. The predicted molar refractivity (Wildman–Crippen MR) is 78.3 cm³/mol. The Morgan fingerprint density at radius 1 is 1.32 bits per heavy atom. The second kappa shape index (κ2) is 7.14. The molecule has 0 atom stereocenters. The number of nitrogens with two attached hydrogens (primary N) is 1. The molecule has 0 fully saturated rings. The number of aryl methyl sites for hydroxylation is 2. The number of rotatable bonds is 6. The summed E-state index contributed by atoms with van der Waals surface area (Å²) in [6.07, 6.45) is 0. The maximum Gasteiger partial charge on any atom is 0.251 e. The van der Waals surface area contributed by atoms with Crippen molar-refractivity contribution in [3.8, 4) is 0 Å². The van der Waals surface area contributed by atoms with Crippen molar-refractivity contribution >= 4 is 11.6 Å². The van der Waals surface area contributed by atoms with Gasteiger partial charge in [-0.05, 0) is 37.0 Å². The van der Waals surface area contributed by atoms with E-state index in [1.165, 1.54) is 0 Å². The van der Waals surface area contributed by atoms with E-state index in [0.29, 0.717) is 36.9 Å². The van der Waals surface area contributed by atoms with Crippen molar-refractivity contribution in [2.75, 3.05) is 25.5 Å². The molecule has 0 saturated carbocycles. The maximum absolute atomic E-state index is 12.0. The lowest BCUT2D eigenvalue weighted by Crippen LogP contribution is -2.28. The van der Waals surface area contributed by atoms with Crippen molar-refractivity contribution in [2.45, 2.75) is 27.7 Å². The summed E-state index contributed by atoms with van der Waals surface area (Å²) in [6.45, 7) is 9.80. The highest BCUT2D eigenvalue weighted by atomic mass is 16.5. The van der Waals surface area contributed by atoms with Crippen molar-refractivity contribution in [3.63, 3.8) is 0 Å². The molecule has 1 rings (SSSR count). The van der Waals surface area contributed by atoms with Crippen molar-refractivity contribution in [3.05, 3.63) is 28.8 Å². The summed E-state index contributed by atoms with van der Waals surface area (Å²) >= 11 is 0. The first kappa shape index (κ1) is 15.5. The predicted octanol–water partition coefficient (Wildman–Crippen LogP) is 2.29. The molecule has 3 N–H and O–H groups in total. The molecule has 1 amide bonds. The monoisotopic (exact) mass is 264 g/mol. The minimum absolute atomic E-state index is 0.0997.